The summed E-state index contributed by atoms with van der Waals surface area (Å²) < 4.78 is 1.18. The van der Waals surface area contributed by atoms with Gasteiger partial charge in [-0.1, -0.05) is 56.1 Å². The molecule has 4 rings (SSSR count). The van der Waals surface area contributed by atoms with Gasteiger partial charge in [-0.15, -0.1) is 0 Å². The predicted octanol–water partition coefficient (Wildman–Crippen LogP) is 6.37. The van der Waals surface area contributed by atoms with Crippen LogP contribution < -0.4 is 0 Å². The van der Waals surface area contributed by atoms with E-state index < -0.39 is 0 Å². The molecule has 4 atom stereocenters. The normalized spacial score (nSPS) is 33.7. The van der Waals surface area contributed by atoms with Gasteiger partial charge >= 0.3 is 0 Å². The third-order valence-corrected chi connectivity index (χ3v) is 8.69. The number of aliphatic hydroxyl groups is 1. The smallest absolute Gasteiger partial charge is 0.0551 e. The predicted molar refractivity (Wildman–Crippen MR) is 107 cm³/mol. The minimum atomic E-state index is -0.147. The van der Waals surface area contributed by atoms with Crippen molar-refractivity contribution < 1.29 is 5.11 Å². The van der Waals surface area contributed by atoms with E-state index in [9.17, 15) is 5.11 Å². The summed E-state index contributed by atoms with van der Waals surface area (Å²) in [6, 6.07) is 11.0. The molecule has 2 aromatic carbocycles. The molecule has 1 nitrogen and oxygen atoms in total. The molecule has 4 heteroatoms. The molecule has 0 radical (unpaired) electrons. The fourth-order valence-electron chi connectivity index (χ4n) is 4.67. The SMILES string of the molecule is C[C@@]12CC(SI)c3c(cc(Br)c4ccccc34)[C@H]1C[C@H](O)C2. The maximum absolute atomic E-state index is 10.3. The molecule has 0 amide bonds. The van der Waals surface area contributed by atoms with Crippen LogP contribution in [0.25, 0.3) is 10.8 Å². The van der Waals surface area contributed by atoms with Crippen molar-refractivity contribution in [2.24, 2.45) is 5.41 Å². The summed E-state index contributed by atoms with van der Waals surface area (Å²) in [7, 11) is 1.93. The zero-order chi connectivity index (χ0) is 15.5. The first kappa shape index (κ1) is 15.7. The standard InChI is InChI=1S/C18H18BrIOS/c1-18-8-10(21)6-14(18)13-7-15(19)11-4-2-3-5-12(11)17(13)16(9-18)22-20/h2-5,7,10,14,16,21H,6,8-9H2,1H3/t10-,14+,16?,18+/m0/s1. The van der Waals surface area contributed by atoms with E-state index >= 15 is 0 Å². The molecular formula is C18H18BrIOS. The van der Waals surface area contributed by atoms with Crippen LogP contribution >= 0.6 is 46.1 Å². The van der Waals surface area contributed by atoms with Crippen LogP contribution in [-0.4, -0.2) is 11.2 Å². The van der Waals surface area contributed by atoms with Crippen molar-refractivity contribution in [2.45, 2.75) is 43.5 Å². The zero-order valence-electron chi connectivity index (χ0n) is 12.4. The number of benzene rings is 2. The lowest BCUT2D eigenvalue weighted by Gasteiger charge is -2.42. The first-order valence-electron chi connectivity index (χ1n) is 7.70. The molecule has 0 saturated heterocycles. The summed E-state index contributed by atoms with van der Waals surface area (Å²) in [4.78, 5) is 0. The highest BCUT2D eigenvalue weighted by Crippen LogP contribution is 2.63. The van der Waals surface area contributed by atoms with E-state index in [4.69, 9.17) is 0 Å². The lowest BCUT2D eigenvalue weighted by atomic mass is 9.66. The summed E-state index contributed by atoms with van der Waals surface area (Å²) in [5, 5.41) is 13.5. The minimum Gasteiger partial charge on any atom is -0.393 e. The Labute approximate surface area is 156 Å². The molecule has 1 saturated carbocycles. The molecule has 2 aliphatic rings. The second-order valence-electron chi connectivity index (χ2n) is 6.99. The highest BCUT2D eigenvalue weighted by molar-refractivity contribution is 14.2. The highest BCUT2D eigenvalue weighted by atomic mass is 127. The summed E-state index contributed by atoms with van der Waals surface area (Å²) in [5.41, 5.74) is 3.21. The van der Waals surface area contributed by atoms with E-state index in [1.165, 1.54) is 32.8 Å². The molecule has 0 bridgehead atoms. The van der Waals surface area contributed by atoms with Gasteiger partial charge in [-0.3, -0.25) is 0 Å². The van der Waals surface area contributed by atoms with E-state index in [-0.39, 0.29) is 11.5 Å². The van der Waals surface area contributed by atoms with E-state index in [2.05, 4.69) is 74.4 Å². The van der Waals surface area contributed by atoms with Crippen LogP contribution in [0.15, 0.2) is 34.8 Å². The number of aliphatic hydroxyl groups excluding tert-OH is 1. The Balaban J connectivity index is 2.02. The van der Waals surface area contributed by atoms with Crippen molar-refractivity contribution in [3.63, 3.8) is 0 Å². The van der Waals surface area contributed by atoms with Gasteiger partial charge in [0.2, 0.25) is 0 Å². The van der Waals surface area contributed by atoms with E-state index in [1.807, 2.05) is 8.93 Å². The lowest BCUT2D eigenvalue weighted by Crippen LogP contribution is -2.28. The molecule has 0 heterocycles. The topological polar surface area (TPSA) is 20.2 Å². The van der Waals surface area contributed by atoms with Crippen LogP contribution in [0, 0.1) is 5.41 Å². The zero-order valence-corrected chi connectivity index (χ0v) is 16.9. The van der Waals surface area contributed by atoms with Crippen LogP contribution in [0.4, 0.5) is 0 Å². The van der Waals surface area contributed by atoms with Gasteiger partial charge in [-0.05, 0) is 79.8 Å². The monoisotopic (exact) mass is 488 g/mol. The van der Waals surface area contributed by atoms with Crippen molar-refractivity contribution in [1.29, 1.82) is 0 Å². The quantitative estimate of drug-likeness (QED) is 0.470. The minimum absolute atomic E-state index is 0.147. The first-order chi connectivity index (χ1) is 10.5. The second-order valence-corrected chi connectivity index (χ2v) is 10.1. The fraction of sp³-hybridized carbons (Fsp3) is 0.444. The Kier molecular flexibility index (Phi) is 4.03. The van der Waals surface area contributed by atoms with Crippen LogP contribution in [0.3, 0.4) is 0 Å². The Morgan fingerprint density at radius 3 is 2.73 bits per heavy atom. The van der Waals surface area contributed by atoms with Crippen LogP contribution in [0.2, 0.25) is 0 Å². The molecular weight excluding hydrogens is 471 g/mol. The van der Waals surface area contributed by atoms with Crippen molar-refractivity contribution in [2.75, 3.05) is 0 Å². The lowest BCUT2D eigenvalue weighted by molar-refractivity contribution is 0.159. The number of hydrogen-bond acceptors (Lipinski definition) is 2. The third-order valence-electron chi connectivity index (χ3n) is 5.58. The Morgan fingerprint density at radius 1 is 1.27 bits per heavy atom. The molecule has 0 spiro atoms. The number of fused-ring (bicyclic) bond motifs is 5. The van der Waals surface area contributed by atoms with Gasteiger partial charge in [-0.2, -0.15) is 0 Å². The van der Waals surface area contributed by atoms with Gasteiger partial charge in [0.1, 0.15) is 0 Å². The average molecular weight is 489 g/mol. The van der Waals surface area contributed by atoms with Crippen molar-refractivity contribution in [3.05, 3.63) is 45.9 Å². The molecule has 2 aliphatic carbocycles. The molecule has 1 fully saturated rings. The fourth-order valence-corrected chi connectivity index (χ4v) is 7.36. The molecule has 2 aromatic rings. The maximum Gasteiger partial charge on any atom is 0.0551 e. The highest BCUT2D eigenvalue weighted by Gasteiger charge is 2.50. The van der Waals surface area contributed by atoms with Crippen LogP contribution in [0.5, 0.6) is 0 Å². The number of hydrogen-bond donors (Lipinski definition) is 1. The molecule has 0 aliphatic heterocycles. The van der Waals surface area contributed by atoms with Crippen molar-refractivity contribution in [1.82, 2.24) is 0 Å². The van der Waals surface area contributed by atoms with Crippen molar-refractivity contribution >= 4 is 56.8 Å². The molecule has 1 N–H and O–H groups in total. The van der Waals surface area contributed by atoms with Crippen LogP contribution in [0.1, 0.15) is 48.5 Å². The van der Waals surface area contributed by atoms with E-state index in [1.54, 1.807) is 0 Å². The third kappa shape index (κ3) is 2.28. The number of rotatable bonds is 1. The largest absolute Gasteiger partial charge is 0.393 e. The maximum atomic E-state index is 10.3. The molecule has 0 aromatic heterocycles. The van der Waals surface area contributed by atoms with Gasteiger partial charge in [-0.25, -0.2) is 0 Å². The van der Waals surface area contributed by atoms with Gasteiger partial charge in [0.15, 0.2) is 0 Å². The average Bonchev–Trinajstić information content (AvgIpc) is 2.81. The van der Waals surface area contributed by atoms with Crippen LogP contribution in [-0.2, 0) is 0 Å². The second kappa shape index (κ2) is 5.64. The summed E-state index contributed by atoms with van der Waals surface area (Å²) in [6.07, 6.45) is 2.87. The summed E-state index contributed by atoms with van der Waals surface area (Å²) in [6.45, 7) is 2.37. The van der Waals surface area contributed by atoms with Crippen molar-refractivity contribution in [3.8, 4) is 0 Å². The Morgan fingerprint density at radius 2 is 2.00 bits per heavy atom. The molecule has 116 valence electrons. The molecule has 22 heavy (non-hydrogen) atoms. The van der Waals surface area contributed by atoms with Gasteiger partial charge < -0.3 is 5.11 Å². The Hall–Kier alpha value is 0.220. The summed E-state index contributed by atoms with van der Waals surface area (Å²) >= 11 is 6.23. The van der Waals surface area contributed by atoms with Gasteiger partial charge in [0, 0.05) is 9.72 Å². The number of halogens is 2. The Bertz CT molecular complexity index is 749. The van der Waals surface area contributed by atoms with Gasteiger partial charge in [0.25, 0.3) is 0 Å². The van der Waals surface area contributed by atoms with E-state index in [0.29, 0.717) is 11.2 Å². The molecule has 1 unspecified atom stereocenters. The van der Waals surface area contributed by atoms with E-state index in [0.717, 1.165) is 12.8 Å². The first-order valence-corrected chi connectivity index (χ1v) is 11.9. The van der Waals surface area contributed by atoms with Gasteiger partial charge in [0.05, 0.1) is 6.10 Å². The summed E-state index contributed by atoms with van der Waals surface area (Å²) in [5.74, 6) is 0.484.